The number of fused-ring (bicyclic) bond motifs is 1. The number of hydrogen-bond donors (Lipinski definition) is 3. The minimum Gasteiger partial charge on any atom is -0.423 e. The van der Waals surface area contributed by atoms with Crippen molar-refractivity contribution in [2.75, 3.05) is 5.32 Å². The summed E-state index contributed by atoms with van der Waals surface area (Å²) in [6.45, 7) is 1.80. The molecule has 7 nitrogen and oxygen atoms in total. The van der Waals surface area contributed by atoms with Gasteiger partial charge >= 0.3 is 5.63 Å². The van der Waals surface area contributed by atoms with E-state index < -0.39 is 23.5 Å². The highest BCUT2D eigenvalue weighted by Crippen LogP contribution is 2.20. The molecule has 2 aromatic rings. The molecule has 0 aliphatic rings. The minimum atomic E-state index is -0.840. The van der Waals surface area contributed by atoms with E-state index in [-0.39, 0.29) is 29.8 Å². The molecule has 0 radical (unpaired) electrons. The van der Waals surface area contributed by atoms with E-state index in [0.717, 1.165) is 10.9 Å². The third-order valence-corrected chi connectivity index (χ3v) is 3.26. The van der Waals surface area contributed by atoms with Crippen molar-refractivity contribution in [2.24, 2.45) is 11.5 Å². The van der Waals surface area contributed by atoms with Gasteiger partial charge in [-0.05, 0) is 31.0 Å². The number of aryl methyl sites for hydroxylation is 1. The van der Waals surface area contributed by atoms with E-state index in [0.29, 0.717) is 11.3 Å². The smallest absolute Gasteiger partial charge is 0.336 e. The molecule has 0 spiro atoms. The fourth-order valence-electron chi connectivity index (χ4n) is 2.07. The first-order valence-corrected chi connectivity index (χ1v) is 6.76. The third kappa shape index (κ3) is 4.90. The maximum Gasteiger partial charge on any atom is 0.336 e. The van der Waals surface area contributed by atoms with Crippen LogP contribution in [0.1, 0.15) is 18.4 Å². The van der Waals surface area contributed by atoms with Gasteiger partial charge in [0.1, 0.15) is 5.58 Å². The van der Waals surface area contributed by atoms with Gasteiger partial charge in [0.2, 0.25) is 11.8 Å². The number of anilines is 1. The maximum atomic E-state index is 11.9. The first-order valence-electron chi connectivity index (χ1n) is 6.76. The Kier molecular flexibility index (Phi) is 6.47. The van der Waals surface area contributed by atoms with Gasteiger partial charge in [-0.2, -0.15) is 0 Å². The summed E-state index contributed by atoms with van der Waals surface area (Å²) in [5.41, 5.74) is 11.9. The van der Waals surface area contributed by atoms with Crippen molar-refractivity contribution >= 4 is 45.5 Å². The Morgan fingerprint density at radius 3 is 2.65 bits per heavy atom. The molecule has 0 saturated carbocycles. The first-order chi connectivity index (χ1) is 10.4. The largest absolute Gasteiger partial charge is 0.423 e. The molecule has 0 fully saturated rings. The summed E-state index contributed by atoms with van der Waals surface area (Å²) >= 11 is 0. The predicted octanol–water partition coefficient (Wildman–Crippen LogP) is 1.21. The van der Waals surface area contributed by atoms with Gasteiger partial charge in [-0.25, -0.2) is 4.79 Å². The van der Waals surface area contributed by atoms with Crippen molar-refractivity contribution in [3.8, 4) is 0 Å². The van der Waals surface area contributed by atoms with E-state index in [9.17, 15) is 14.4 Å². The predicted molar refractivity (Wildman–Crippen MR) is 92.6 cm³/mol. The molecular formula is C15H18BrN3O4. The Balaban J connectivity index is 0.00000264. The van der Waals surface area contributed by atoms with Gasteiger partial charge in [0.05, 0.1) is 6.04 Å². The summed E-state index contributed by atoms with van der Waals surface area (Å²) < 4.78 is 5.10. The number of nitrogens with one attached hydrogen (secondary N) is 1. The number of nitrogens with two attached hydrogens (primary N) is 2. The van der Waals surface area contributed by atoms with Crippen LogP contribution in [0, 0.1) is 6.92 Å². The zero-order valence-corrected chi connectivity index (χ0v) is 14.2. The summed E-state index contributed by atoms with van der Waals surface area (Å²) in [6.07, 6.45) is 0.212. The Bertz CT molecular complexity index is 788. The van der Waals surface area contributed by atoms with Crippen LogP contribution in [0.25, 0.3) is 11.0 Å². The fourth-order valence-corrected chi connectivity index (χ4v) is 2.07. The lowest BCUT2D eigenvalue weighted by Crippen LogP contribution is -2.36. The molecule has 8 heteroatoms. The molecule has 1 aromatic carbocycles. The van der Waals surface area contributed by atoms with Crippen LogP contribution in [0.3, 0.4) is 0 Å². The van der Waals surface area contributed by atoms with Crippen LogP contribution in [0.5, 0.6) is 0 Å². The van der Waals surface area contributed by atoms with Gasteiger partial charge < -0.3 is 21.2 Å². The number of amides is 2. The van der Waals surface area contributed by atoms with E-state index in [1.807, 2.05) is 0 Å². The van der Waals surface area contributed by atoms with Crippen LogP contribution in [0.15, 0.2) is 33.5 Å². The molecular weight excluding hydrogens is 366 g/mol. The molecule has 0 saturated heterocycles. The number of primary amides is 1. The molecule has 2 rings (SSSR count). The summed E-state index contributed by atoms with van der Waals surface area (Å²) in [5, 5.41) is 3.41. The summed E-state index contributed by atoms with van der Waals surface area (Å²) in [6, 6.07) is 5.56. The quantitative estimate of drug-likeness (QED) is 0.668. The van der Waals surface area contributed by atoms with E-state index in [1.165, 1.54) is 6.07 Å². The van der Waals surface area contributed by atoms with Gasteiger partial charge in [0, 0.05) is 29.6 Å². The average molecular weight is 384 g/mol. The highest BCUT2D eigenvalue weighted by atomic mass is 79.9. The molecule has 0 aliphatic carbocycles. The normalized spacial score (nSPS) is 11.6. The summed E-state index contributed by atoms with van der Waals surface area (Å²) in [5.74, 6) is -0.943. The molecule has 0 bridgehead atoms. The minimum absolute atomic E-state index is 0. The molecule has 124 valence electrons. The number of carbonyl (C=O) groups excluding carboxylic acids is 2. The van der Waals surface area contributed by atoms with E-state index in [1.54, 1.807) is 25.1 Å². The van der Waals surface area contributed by atoms with Crippen molar-refractivity contribution < 1.29 is 14.0 Å². The molecule has 0 aliphatic heterocycles. The van der Waals surface area contributed by atoms with Crippen molar-refractivity contribution in [3.05, 3.63) is 40.2 Å². The van der Waals surface area contributed by atoms with Gasteiger partial charge in [-0.3, -0.25) is 9.59 Å². The number of benzene rings is 1. The van der Waals surface area contributed by atoms with Crippen molar-refractivity contribution in [3.63, 3.8) is 0 Å². The lowest BCUT2D eigenvalue weighted by atomic mass is 10.1. The SMILES string of the molecule is Br.Cc1cc(=O)oc2cc(NC(=O)[C@@H](N)CCC(N)=O)ccc12. The van der Waals surface area contributed by atoms with Gasteiger partial charge in [0.25, 0.3) is 0 Å². The molecule has 0 unspecified atom stereocenters. The standard InChI is InChI=1S/C15H17N3O4.BrH/c1-8-6-14(20)22-12-7-9(2-3-10(8)12)18-15(21)11(16)4-5-13(17)19;/h2-3,6-7,11H,4-5,16H2,1H3,(H2,17,19)(H,18,21);1H/t11-;/m0./s1. The molecule has 23 heavy (non-hydrogen) atoms. The molecule has 1 aromatic heterocycles. The van der Waals surface area contributed by atoms with Crippen LogP contribution in [-0.4, -0.2) is 17.9 Å². The summed E-state index contributed by atoms with van der Waals surface area (Å²) in [4.78, 5) is 34.0. The molecule has 5 N–H and O–H groups in total. The van der Waals surface area contributed by atoms with E-state index in [4.69, 9.17) is 15.9 Å². The second-order valence-electron chi connectivity index (χ2n) is 5.06. The van der Waals surface area contributed by atoms with Crippen LogP contribution >= 0.6 is 17.0 Å². The van der Waals surface area contributed by atoms with Gasteiger partial charge in [0.15, 0.2) is 0 Å². The number of rotatable bonds is 5. The lowest BCUT2D eigenvalue weighted by Gasteiger charge is -2.12. The zero-order valence-electron chi connectivity index (χ0n) is 12.5. The third-order valence-electron chi connectivity index (χ3n) is 3.26. The molecule has 1 heterocycles. The Morgan fingerprint density at radius 2 is 2.00 bits per heavy atom. The summed E-state index contributed by atoms with van der Waals surface area (Å²) in [7, 11) is 0. The second-order valence-corrected chi connectivity index (χ2v) is 5.06. The fraction of sp³-hybridized carbons (Fsp3) is 0.267. The monoisotopic (exact) mass is 383 g/mol. The van der Waals surface area contributed by atoms with Gasteiger partial charge in [-0.1, -0.05) is 0 Å². The topological polar surface area (TPSA) is 128 Å². The van der Waals surface area contributed by atoms with E-state index >= 15 is 0 Å². The number of carbonyl (C=O) groups is 2. The Labute approximate surface area is 142 Å². The first kappa shape index (κ1) is 18.9. The number of halogens is 1. The van der Waals surface area contributed by atoms with Crippen molar-refractivity contribution in [1.82, 2.24) is 0 Å². The van der Waals surface area contributed by atoms with Crippen LogP contribution in [0.4, 0.5) is 5.69 Å². The second kappa shape index (κ2) is 7.89. The average Bonchev–Trinajstić information content (AvgIpc) is 2.43. The van der Waals surface area contributed by atoms with Crippen molar-refractivity contribution in [2.45, 2.75) is 25.8 Å². The highest BCUT2D eigenvalue weighted by molar-refractivity contribution is 8.93. The van der Waals surface area contributed by atoms with Gasteiger partial charge in [-0.15, -0.1) is 17.0 Å². The van der Waals surface area contributed by atoms with Crippen LogP contribution in [0.2, 0.25) is 0 Å². The Morgan fingerprint density at radius 1 is 1.30 bits per heavy atom. The Hall–Kier alpha value is -2.19. The lowest BCUT2D eigenvalue weighted by molar-refractivity contribution is -0.119. The van der Waals surface area contributed by atoms with E-state index in [2.05, 4.69) is 5.32 Å². The highest BCUT2D eigenvalue weighted by Gasteiger charge is 2.15. The maximum absolute atomic E-state index is 11.9. The van der Waals surface area contributed by atoms with Crippen LogP contribution in [-0.2, 0) is 9.59 Å². The number of hydrogen-bond acceptors (Lipinski definition) is 5. The molecule has 2 amide bonds. The zero-order chi connectivity index (χ0) is 16.3. The molecule has 1 atom stereocenters. The van der Waals surface area contributed by atoms with Crippen molar-refractivity contribution in [1.29, 1.82) is 0 Å². The van der Waals surface area contributed by atoms with Crippen LogP contribution < -0.4 is 22.4 Å².